The smallest absolute Gasteiger partial charge is 0.362 e. The van der Waals surface area contributed by atoms with Crippen LogP contribution >= 0.6 is 0 Å². The minimum Gasteiger partial charge on any atom is -0.378 e. The van der Waals surface area contributed by atoms with E-state index < -0.39 is 21.1 Å². The highest BCUT2D eigenvalue weighted by Crippen LogP contribution is 2.15. The molecule has 15 heavy (non-hydrogen) atoms. The summed E-state index contributed by atoms with van der Waals surface area (Å²) in [5.41, 5.74) is 0.558. The molecule has 0 aliphatic carbocycles. The number of alkyl halides is 3. The summed E-state index contributed by atoms with van der Waals surface area (Å²) in [7, 11) is 1.88. The first-order chi connectivity index (χ1) is 6.79. The third-order valence-corrected chi connectivity index (χ3v) is 2.68. The Morgan fingerprint density at radius 3 is 2.27 bits per heavy atom. The molecule has 0 spiro atoms. The van der Waals surface area contributed by atoms with E-state index in [2.05, 4.69) is 0 Å². The first-order valence-corrected chi connectivity index (χ1v) is 5.11. The summed E-state index contributed by atoms with van der Waals surface area (Å²) in [4.78, 5) is 1.63. The average Bonchev–Trinajstić information content (AvgIpc) is 2.06. The van der Waals surface area contributed by atoms with Crippen molar-refractivity contribution in [2.24, 2.45) is 0 Å². The number of anilines is 1. The molecule has 0 aliphatic rings. The van der Waals surface area contributed by atoms with E-state index in [1.54, 1.807) is 19.0 Å². The second-order valence-corrected chi connectivity index (χ2v) is 4.54. The zero-order chi connectivity index (χ0) is 11.6. The van der Waals surface area contributed by atoms with Crippen LogP contribution in [0, 0.1) is 5.82 Å². The molecule has 1 nitrogen and oxygen atoms in total. The fourth-order valence-electron chi connectivity index (χ4n) is 1.04. The van der Waals surface area contributed by atoms with Crippen LogP contribution in [0.1, 0.15) is 0 Å². The molecule has 0 saturated carbocycles. The summed E-state index contributed by atoms with van der Waals surface area (Å²) in [6.45, 7) is 0. The predicted molar refractivity (Wildman–Crippen MR) is 52.2 cm³/mol. The molecule has 1 aromatic rings. The Morgan fingerprint density at radius 2 is 1.80 bits per heavy atom. The molecule has 0 heterocycles. The monoisotopic (exact) mass is 235 g/mol. The van der Waals surface area contributed by atoms with Crippen LogP contribution in [-0.2, 0) is 0 Å². The van der Waals surface area contributed by atoms with E-state index in [0.29, 0.717) is 5.69 Å². The van der Waals surface area contributed by atoms with Crippen molar-refractivity contribution >= 4 is 20.4 Å². The summed E-state index contributed by atoms with van der Waals surface area (Å²) in [6.07, 6.45) is 0. The highest BCUT2D eigenvalue weighted by molar-refractivity contribution is 6.55. The molecule has 1 aromatic carbocycles. The van der Waals surface area contributed by atoms with E-state index in [0.717, 1.165) is 6.07 Å². The fraction of sp³-hybridized carbons (Fsp3) is 0.333. The van der Waals surface area contributed by atoms with Crippen molar-refractivity contribution in [1.29, 1.82) is 0 Å². The van der Waals surface area contributed by atoms with Crippen molar-refractivity contribution in [3.8, 4) is 0 Å². The molecule has 82 valence electrons. The second-order valence-electron chi connectivity index (χ2n) is 3.18. The first kappa shape index (κ1) is 12.0. The lowest BCUT2D eigenvalue weighted by molar-refractivity contribution is -0.0455. The van der Waals surface area contributed by atoms with Crippen molar-refractivity contribution < 1.29 is 17.6 Å². The standard InChI is InChI=1S/C9H9F4NSi/c1-14(2)6-3-4-7(10)8(5-6)15-9(11,12)13/h3-5H,1-2H3. The van der Waals surface area contributed by atoms with Crippen LogP contribution in [-0.4, -0.2) is 29.4 Å². The summed E-state index contributed by atoms with van der Waals surface area (Å²) in [6, 6.07) is 3.73. The van der Waals surface area contributed by atoms with Crippen LogP contribution in [0.25, 0.3) is 0 Å². The van der Waals surface area contributed by atoms with E-state index >= 15 is 0 Å². The van der Waals surface area contributed by atoms with Gasteiger partial charge in [-0.25, -0.2) is 4.39 Å². The number of rotatable bonds is 2. The maximum absolute atomic E-state index is 13.1. The quantitative estimate of drug-likeness (QED) is 0.557. The lowest BCUT2D eigenvalue weighted by Gasteiger charge is -2.14. The van der Waals surface area contributed by atoms with Gasteiger partial charge in [-0.1, -0.05) is 0 Å². The van der Waals surface area contributed by atoms with E-state index in [-0.39, 0.29) is 5.19 Å². The molecule has 0 N–H and O–H groups in total. The van der Waals surface area contributed by atoms with Crippen LogP contribution in [0.2, 0.25) is 0 Å². The number of halogens is 4. The molecule has 1 rings (SSSR count). The number of hydrogen-bond acceptors (Lipinski definition) is 1. The van der Waals surface area contributed by atoms with E-state index in [9.17, 15) is 17.6 Å². The molecule has 0 bridgehead atoms. The number of benzene rings is 1. The Hall–Kier alpha value is -1.04. The van der Waals surface area contributed by atoms with E-state index in [1.807, 2.05) is 0 Å². The van der Waals surface area contributed by atoms with Gasteiger partial charge in [0.2, 0.25) is 9.52 Å². The van der Waals surface area contributed by atoms with Crippen molar-refractivity contribution in [3.63, 3.8) is 0 Å². The largest absolute Gasteiger partial charge is 0.378 e. The first-order valence-electron chi connectivity index (χ1n) is 4.11. The fourth-order valence-corrected chi connectivity index (χ4v) is 1.77. The molecule has 2 radical (unpaired) electrons. The summed E-state index contributed by atoms with van der Waals surface area (Å²) in [5, 5.41) is -0.297. The molecule has 0 fully saturated rings. The van der Waals surface area contributed by atoms with E-state index in [4.69, 9.17) is 0 Å². The van der Waals surface area contributed by atoms with Gasteiger partial charge in [0.15, 0.2) is 0 Å². The average molecular weight is 235 g/mol. The lowest BCUT2D eigenvalue weighted by Crippen LogP contribution is -2.33. The maximum atomic E-state index is 13.1. The van der Waals surface area contributed by atoms with Crippen molar-refractivity contribution in [2.45, 2.75) is 5.80 Å². The van der Waals surface area contributed by atoms with Gasteiger partial charge in [0.05, 0.1) is 0 Å². The SMILES string of the molecule is CN(C)c1ccc(F)c([Si]C(F)(F)F)c1. The van der Waals surface area contributed by atoms with Gasteiger partial charge >= 0.3 is 5.80 Å². The van der Waals surface area contributed by atoms with Gasteiger partial charge in [-0.2, -0.15) is 13.2 Å². The Kier molecular flexibility index (Phi) is 3.38. The third kappa shape index (κ3) is 3.54. The lowest BCUT2D eigenvalue weighted by atomic mass is 10.3. The zero-order valence-electron chi connectivity index (χ0n) is 8.19. The second kappa shape index (κ2) is 4.22. The van der Waals surface area contributed by atoms with Gasteiger partial charge < -0.3 is 4.90 Å². The molecular weight excluding hydrogens is 226 g/mol. The molecule has 0 atom stereocenters. The highest BCUT2D eigenvalue weighted by Gasteiger charge is 2.30. The molecule has 0 saturated heterocycles. The van der Waals surface area contributed by atoms with Crippen LogP contribution in [0.3, 0.4) is 0 Å². The Bertz CT molecular complexity index is 348. The van der Waals surface area contributed by atoms with Crippen LogP contribution in [0.4, 0.5) is 23.2 Å². The summed E-state index contributed by atoms with van der Waals surface area (Å²) < 4.78 is 49.3. The van der Waals surface area contributed by atoms with Crippen LogP contribution < -0.4 is 10.1 Å². The van der Waals surface area contributed by atoms with Crippen molar-refractivity contribution in [3.05, 3.63) is 24.0 Å². The Labute approximate surface area is 87.5 Å². The van der Waals surface area contributed by atoms with E-state index in [1.165, 1.54) is 12.1 Å². The molecule has 6 heteroatoms. The minimum atomic E-state index is -4.36. The topological polar surface area (TPSA) is 3.24 Å². The maximum Gasteiger partial charge on any atom is 0.362 e. The molecule has 0 unspecified atom stereocenters. The van der Waals surface area contributed by atoms with Crippen molar-refractivity contribution in [2.75, 3.05) is 19.0 Å². The van der Waals surface area contributed by atoms with Crippen LogP contribution in [0.15, 0.2) is 18.2 Å². The van der Waals surface area contributed by atoms with Gasteiger partial charge in [0.1, 0.15) is 5.82 Å². The normalized spacial score (nSPS) is 11.6. The number of nitrogens with zero attached hydrogens (tertiary/aromatic N) is 1. The highest BCUT2D eigenvalue weighted by atomic mass is 28.2. The number of hydrogen-bond donors (Lipinski definition) is 0. The van der Waals surface area contributed by atoms with Crippen molar-refractivity contribution in [1.82, 2.24) is 0 Å². The molecule has 0 aromatic heterocycles. The van der Waals surface area contributed by atoms with Gasteiger partial charge in [0, 0.05) is 19.8 Å². The van der Waals surface area contributed by atoms with Gasteiger partial charge in [0.25, 0.3) is 0 Å². The van der Waals surface area contributed by atoms with Gasteiger partial charge in [-0.05, 0) is 23.4 Å². The molecule has 0 amide bonds. The summed E-state index contributed by atoms with van der Waals surface area (Å²) >= 11 is 0. The zero-order valence-corrected chi connectivity index (χ0v) is 9.19. The van der Waals surface area contributed by atoms with Gasteiger partial charge in [-0.3, -0.25) is 0 Å². The summed E-state index contributed by atoms with van der Waals surface area (Å²) in [5.74, 6) is -5.16. The van der Waals surface area contributed by atoms with Crippen LogP contribution in [0.5, 0.6) is 0 Å². The molecular formula is C9H9F4NSi. The Balaban J connectivity index is 3.01. The third-order valence-electron chi connectivity index (χ3n) is 1.74. The molecule has 0 aliphatic heterocycles. The Morgan fingerprint density at radius 1 is 1.20 bits per heavy atom. The predicted octanol–water partition coefficient (Wildman–Crippen LogP) is 1.74. The van der Waals surface area contributed by atoms with Gasteiger partial charge in [-0.15, -0.1) is 0 Å². The minimum absolute atomic E-state index is 0.297.